The van der Waals surface area contributed by atoms with Crippen LogP contribution in [0.2, 0.25) is 0 Å². The van der Waals surface area contributed by atoms with E-state index in [0.29, 0.717) is 16.3 Å². The van der Waals surface area contributed by atoms with E-state index in [1.807, 2.05) is 0 Å². The Morgan fingerprint density at radius 3 is 2.17 bits per heavy atom. The number of imide groups is 1. The highest BCUT2D eigenvalue weighted by Gasteiger charge is 2.36. The van der Waals surface area contributed by atoms with Crippen molar-refractivity contribution in [2.24, 2.45) is 0 Å². The van der Waals surface area contributed by atoms with E-state index < -0.39 is 17.9 Å². The molecule has 1 aliphatic heterocycles. The van der Waals surface area contributed by atoms with Crippen molar-refractivity contribution in [2.45, 2.75) is 6.61 Å². The molecule has 0 aliphatic carbocycles. The Morgan fingerprint density at radius 1 is 1.00 bits per heavy atom. The van der Waals surface area contributed by atoms with Crippen molar-refractivity contribution in [1.82, 2.24) is 5.06 Å². The van der Waals surface area contributed by atoms with E-state index in [2.05, 4.69) is 5.32 Å². The number of hydroxylamine groups is 2. The molecule has 0 saturated carbocycles. The molecule has 0 saturated heterocycles. The van der Waals surface area contributed by atoms with Gasteiger partial charge in [0.05, 0.1) is 11.1 Å². The Labute approximate surface area is 131 Å². The van der Waals surface area contributed by atoms with Gasteiger partial charge in [0.2, 0.25) is 0 Å². The SMILES string of the molecule is O=C(O)Nc1ccccc1CON1C(=O)c2ccccc2C1=O. The Kier molecular flexibility index (Phi) is 3.78. The number of carboxylic acid groups (broad SMARTS) is 1. The molecule has 0 spiro atoms. The summed E-state index contributed by atoms with van der Waals surface area (Å²) in [7, 11) is 0. The lowest BCUT2D eigenvalue weighted by Gasteiger charge is -2.15. The van der Waals surface area contributed by atoms with Crippen LogP contribution in [-0.2, 0) is 11.4 Å². The Morgan fingerprint density at radius 2 is 1.57 bits per heavy atom. The summed E-state index contributed by atoms with van der Waals surface area (Å²) in [5.74, 6) is -1.07. The zero-order valence-electron chi connectivity index (χ0n) is 11.9. The molecule has 1 heterocycles. The molecule has 0 bridgehead atoms. The number of rotatable bonds is 4. The number of anilines is 1. The molecule has 0 atom stereocenters. The zero-order chi connectivity index (χ0) is 16.4. The van der Waals surface area contributed by atoms with Crippen molar-refractivity contribution >= 4 is 23.6 Å². The van der Waals surface area contributed by atoms with Gasteiger partial charge in [0.1, 0.15) is 6.61 Å². The van der Waals surface area contributed by atoms with Gasteiger partial charge in [-0.25, -0.2) is 4.79 Å². The minimum absolute atomic E-state index is 0.123. The largest absolute Gasteiger partial charge is 0.465 e. The number of nitrogens with zero attached hydrogens (tertiary/aromatic N) is 1. The van der Waals surface area contributed by atoms with Gasteiger partial charge >= 0.3 is 6.09 Å². The predicted molar refractivity (Wildman–Crippen MR) is 79.8 cm³/mol. The van der Waals surface area contributed by atoms with Crippen molar-refractivity contribution in [3.05, 3.63) is 65.2 Å². The average Bonchev–Trinajstić information content (AvgIpc) is 2.78. The number of hydrogen-bond donors (Lipinski definition) is 2. The number of carbonyl (C=O) groups is 3. The number of amides is 3. The van der Waals surface area contributed by atoms with Gasteiger partial charge in [0, 0.05) is 11.3 Å². The monoisotopic (exact) mass is 312 g/mol. The third kappa shape index (κ3) is 2.77. The van der Waals surface area contributed by atoms with Crippen LogP contribution in [0.15, 0.2) is 48.5 Å². The molecule has 3 amide bonds. The van der Waals surface area contributed by atoms with Crippen molar-refractivity contribution < 1.29 is 24.3 Å². The Balaban J connectivity index is 1.77. The quantitative estimate of drug-likeness (QED) is 0.846. The van der Waals surface area contributed by atoms with Crippen LogP contribution in [0, 0.1) is 0 Å². The molecule has 0 unspecified atom stereocenters. The fraction of sp³-hybridized carbons (Fsp3) is 0.0625. The Hall–Kier alpha value is -3.19. The van der Waals surface area contributed by atoms with Crippen LogP contribution in [0.3, 0.4) is 0 Å². The molecule has 116 valence electrons. The maximum atomic E-state index is 12.2. The highest BCUT2D eigenvalue weighted by atomic mass is 16.7. The molecule has 2 aromatic carbocycles. The molecule has 2 aromatic rings. The minimum atomic E-state index is -1.21. The highest BCUT2D eigenvalue weighted by Crippen LogP contribution is 2.24. The topological polar surface area (TPSA) is 95.9 Å². The molecule has 7 nitrogen and oxygen atoms in total. The molecular formula is C16H12N2O5. The summed E-state index contributed by atoms with van der Waals surface area (Å²) >= 11 is 0. The van der Waals surface area contributed by atoms with Gasteiger partial charge in [-0.2, -0.15) is 0 Å². The van der Waals surface area contributed by atoms with Crippen LogP contribution in [0.5, 0.6) is 0 Å². The third-order valence-electron chi connectivity index (χ3n) is 3.36. The Bertz CT molecular complexity index is 768. The first-order valence-electron chi connectivity index (χ1n) is 6.76. The van der Waals surface area contributed by atoms with Crippen LogP contribution in [-0.4, -0.2) is 28.1 Å². The normalized spacial score (nSPS) is 13.1. The molecule has 3 rings (SSSR count). The van der Waals surface area contributed by atoms with E-state index in [4.69, 9.17) is 9.94 Å². The number of nitrogens with one attached hydrogen (secondary N) is 1. The van der Waals surface area contributed by atoms with Gasteiger partial charge in [-0.1, -0.05) is 30.3 Å². The average molecular weight is 312 g/mol. The molecule has 23 heavy (non-hydrogen) atoms. The summed E-state index contributed by atoms with van der Waals surface area (Å²) in [5, 5.41) is 11.7. The lowest BCUT2D eigenvalue weighted by Crippen LogP contribution is -2.29. The van der Waals surface area contributed by atoms with Gasteiger partial charge in [-0.05, 0) is 18.2 Å². The van der Waals surface area contributed by atoms with E-state index in [9.17, 15) is 14.4 Å². The summed E-state index contributed by atoms with van der Waals surface area (Å²) in [4.78, 5) is 40.4. The first-order chi connectivity index (χ1) is 11.1. The molecule has 0 radical (unpaired) electrons. The summed E-state index contributed by atoms with van der Waals surface area (Å²) in [6, 6.07) is 13.0. The van der Waals surface area contributed by atoms with Crippen molar-refractivity contribution in [2.75, 3.05) is 5.32 Å². The number of benzene rings is 2. The minimum Gasteiger partial charge on any atom is -0.465 e. The summed E-state index contributed by atoms with van der Waals surface area (Å²) in [5.41, 5.74) is 1.41. The second-order valence-electron chi connectivity index (χ2n) is 4.81. The second-order valence-corrected chi connectivity index (χ2v) is 4.81. The molecule has 0 fully saturated rings. The van der Waals surface area contributed by atoms with Crippen LogP contribution in [0.1, 0.15) is 26.3 Å². The van der Waals surface area contributed by atoms with Gasteiger partial charge in [0.25, 0.3) is 11.8 Å². The predicted octanol–water partition coefficient (Wildman–Crippen LogP) is 2.50. The van der Waals surface area contributed by atoms with Crippen LogP contribution >= 0.6 is 0 Å². The van der Waals surface area contributed by atoms with Gasteiger partial charge in [-0.15, -0.1) is 5.06 Å². The number of carbonyl (C=O) groups excluding carboxylic acids is 2. The van der Waals surface area contributed by atoms with E-state index in [0.717, 1.165) is 0 Å². The molecule has 7 heteroatoms. The summed E-state index contributed by atoms with van der Waals surface area (Å²) < 4.78 is 0. The van der Waals surface area contributed by atoms with Crippen molar-refractivity contribution in [1.29, 1.82) is 0 Å². The van der Waals surface area contributed by atoms with Gasteiger partial charge in [0.15, 0.2) is 0 Å². The molecule has 1 aliphatic rings. The van der Waals surface area contributed by atoms with Gasteiger partial charge in [-0.3, -0.25) is 19.7 Å². The second kappa shape index (κ2) is 5.90. The lowest BCUT2D eigenvalue weighted by atomic mass is 10.1. The van der Waals surface area contributed by atoms with E-state index in [-0.39, 0.29) is 17.7 Å². The van der Waals surface area contributed by atoms with Crippen LogP contribution < -0.4 is 5.32 Å². The molecule has 2 N–H and O–H groups in total. The highest BCUT2D eigenvalue weighted by molar-refractivity contribution is 6.20. The maximum Gasteiger partial charge on any atom is 0.409 e. The first kappa shape index (κ1) is 14.7. The summed E-state index contributed by atoms with van der Waals surface area (Å²) in [6.07, 6.45) is -1.21. The summed E-state index contributed by atoms with van der Waals surface area (Å²) in [6.45, 7) is -0.123. The standard InChI is InChI=1S/C16H12N2O5/c19-14-11-6-2-3-7-12(11)15(20)18(14)23-9-10-5-1-4-8-13(10)17-16(21)22/h1-8,17H,9H2,(H,21,22). The van der Waals surface area contributed by atoms with Gasteiger partial charge < -0.3 is 5.11 Å². The lowest BCUT2D eigenvalue weighted by molar-refractivity contribution is -0.100. The van der Waals surface area contributed by atoms with Crippen LogP contribution in [0.25, 0.3) is 0 Å². The fourth-order valence-electron chi connectivity index (χ4n) is 2.30. The first-order valence-corrected chi connectivity index (χ1v) is 6.76. The molecule has 0 aromatic heterocycles. The van der Waals surface area contributed by atoms with E-state index >= 15 is 0 Å². The maximum absolute atomic E-state index is 12.2. The molecular weight excluding hydrogens is 300 g/mol. The third-order valence-corrected chi connectivity index (χ3v) is 3.36. The van der Waals surface area contributed by atoms with Crippen LogP contribution in [0.4, 0.5) is 10.5 Å². The smallest absolute Gasteiger partial charge is 0.409 e. The van der Waals surface area contributed by atoms with Crippen molar-refractivity contribution in [3.63, 3.8) is 0 Å². The van der Waals surface area contributed by atoms with Crippen molar-refractivity contribution in [3.8, 4) is 0 Å². The number of fused-ring (bicyclic) bond motifs is 1. The fourth-order valence-corrected chi connectivity index (χ4v) is 2.30. The van der Waals surface area contributed by atoms with E-state index in [1.54, 1.807) is 48.5 Å². The zero-order valence-corrected chi connectivity index (χ0v) is 11.9. The number of para-hydroxylation sites is 1. The van der Waals surface area contributed by atoms with E-state index in [1.165, 1.54) is 0 Å². The number of hydrogen-bond acceptors (Lipinski definition) is 4.